The molecule has 1 aliphatic rings. The van der Waals surface area contributed by atoms with Crippen molar-refractivity contribution in [3.8, 4) is 18.6 Å². The molecule has 0 saturated heterocycles. The first-order valence-electron chi connectivity index (χ1n) is 10.6. The lowest BCUT2D eigenvalue weighted by Gasteiger charge is -2.13. The van der Waals surface area contributed by atoms with Gasteiger partial charge in [-0.05, 0) is 42.3 Å². The summed E-state index contributed by atoms with van der Waals surface area (Å²) in [5, 5.41) is 16.6. The number of rotatable bonds is 5. The van der Waals surface area contributed by atoms with Gasteiger partial charge in [0, 0.05) is 4.90 Å². The second-order valence-corrected chi connectivity index (χ2v) is 9.91. The zero-order valence-electron chi connectivity index (χ0n) is 19.7. The van der Waals surface area contributed by atoms with E-state index < -0.39 is 22.0 Å². The fourth-order valence-corrected chi connectivity index (χ4v) is 4.40. The van der Waals surface area contributed by atoms with Gasteiger partial charge in [0.2, 0.25) is 0 Å². The number of hydrogen-bond donors (Lipinski definition) is 3. The molecule has 0 aliphatic carbocycles. The number of aromatic hydroxyl groups is 1. The highest BCUT2D eigenvalue weighted by atomic mass is 32.2. The van der Waals surface area contributed by atoms with Gasteiger partial charge >= 0.3 is 0 Å². The first-order chi connectivity index (χ1) is 16.8. The summed E-state index contributed by atoms with van der Waals surface area (Å²) >= 11 is -1.78. The van der Waals surface area contributed by atoms with Gasteiger partial charge in [0.15, 0.2) is 17.4 Å². The predicted molar refractivity (Wildman–Crippen MR) is 142 cm³/mol. The van der Waals surface area contributed by atoms with E-state index in [9.17, 15) is 13.5 Å². The van der Waals surface area contributed by atoms with Crippen molar-refractivity contribution in [3.63, 3.8) is 0 Å². The topological polar surface area (TPSA) is 116 Å². The van der Waals surface area contributed by atoms with Gasteiger partial charge in [-0.2, -0.15) is 0 Å². The summed E-state index contributed by atoms with van der Waals surface area (Å²) in [6.07, 6.45) is 9.55. The van der Waals surface area contributed by atoms with Crippen molar-refractivity contribution in [2.24, 2.45) is 14.7 Å². The van der Waals surface area contributed by atoms with Crippen LogP contribution in [0.2, 0.25) is 0 Å². The average Bonchev–Trinajstić information content (AvgIpc) is 3.49. The molecule has 1 aliphatic heterocycles. The number of terminal acetylenes is 1. The number of furan rings is 1. The first kappa shape index (κ1) is 27.6. The molecule has 0 bridgehead atoms. The van der Waals surface area contributed by atoms with Crippen molar-refractivity contribution >= 4 is 39.3 Å². The fourth-order valence-electron chi connectivity index (χ4n) is 2.62. The molecule has 1 aromatic heterocycles. The SMILES string of the molecule is C#C.CC(C)C.O=S1N=C(NCc2ccco2)C(Nc2cccc(S(=O)c3ccccc3)c2O)=N1. The third kappa shape index (κ3) is 8.24. The van der Waals surface area contributed by atoms with Crippen LogP contribution in [-0.2, 0) is 28.5 Å². The lowest BCUT2D eigenvalue weighted by molar-refractivity contribution is 0.464. The first-order valence-corrected chi connectivity index (χ1v) is 12.8. The average molecular weight is 513 g/mol. The highest BCUT2D eigenvalue weighted by molar-refractivity contribution is 7.85. The number of hydrogen-bond acceptors (Lipinski definition) is 6. The van der Waals surface area contributed by atoms with E-state index in [0.717, 1.165) is 5.92 Å². The van der Waals surface area contributed by atoms with E-state index in [2.05, 4.69) is 53.0 Å². The normalized spacial score (nSPS) is 15.0. The molecular formula is C25H28N4O4S2. The Hall–Kier alpha value is -3.68. The van der Waals surface area contributed by atoms with E-state index in [-0.39, 0.29) is 28.0 Å². The molecule has 2 heterocycles. The maximum Gasteiger partial charge on any atom is 0.269 e. The Balaban J connectivity index is 0.000000655. The van der Waals surface area contributed by atoms with Crippen LogP contribution >= 0.6 is 0 Å². The van der Waals surface area contributed by atoms with Crippen LogP contribution in [0.3, 0.4) is 0 Å². The number of nitrogens with zero attached hydrogens (tertiary/aromatic N) is 2. The summed E-state index contributed by atoms with van der Waals surface area (Å²) in [5.41, 5.74) is 0.275. The van der Waals surface area contributed by atoms with Crippen molar-refractivity contribution < 1.29 is 17.9 Å². The van der Waals surface area contributed by atoms with Gasteiger partial charge in [0.05, 0.1) is 34.2 Å². The molecule has 2 atom stereocenters. The quantitative estimate of drug-likeness (QED) is 0.338. The van der Waals surface area contributed by atoms with Crippen molar-refractivity contribution in [1.82, 2.24) is 5.32 Å². The van der Waals surface area contributed by atoms with Crippen LogP contribution < -0.4 is 10.6 Å². The lowest BCUT2D eigenvalue weighted by Crippen LogP contribution is -2.33. The molecule has 184 valence electrons. The fraction of sp³-hybridized carbons (Fsp3) is 0.200. The summed E-state index contributed by atoms with van der Waals surface area (Å²) in [4.78, 5) is 0.824. The molecule has 0 spiro atoms. The van der Waals surface area contributed by atoms with Crippen molar-refractivity contribution in [2.45, 2.75) is 37.1 Å². The minimum Gasteiger partial charge on any atom is -0.505 e. The van der Waals surface area contributed by atoms with Crippen LogP contribution in [-0.4, -0.2) is 25.2 Å². The Labute approximate surface area is 210 Å². The molecule has 8 nitrogen and oxygen atoms in total. The summed E-state index contributed by atoms with van der Waals surface area (Å²) < 4.78 is 37.7. The van der Waals surface area contributed by atoms with Crippen LogP contribution in [0, 0.1) is 18.8 Å². The van der Waals surface area contributed by atoms with E-state index in [1.807, 2.05) is 6.07 Å². The Bertz CT molecular complexity index is 1220. The molecule has 2 unspecified atom stereocenters. The zero-order chi connectivity index (χ0) is 25.8. The number of amidine groups is 2. The summed E-state index contributed by atoms with van der Waals surface area (Å²) in [7, 11) is -1.56. The van der Waals surface area contributed by atoms with Crippen LogP contribution in [0.5, 0.6) is 5.75 Å². The molecule has 0 radical (unpaired) electrons. The molecule has 0 amide bonds. The Morgan fingerprint density at radius 2 is 1.66 bits per heavy atom. The van der Waals surface area contributed by atoms with Crippen LogP contribution in [0.4, 0.5) is 5.69 Å². The van der Waals surface area contributed by atoms with Gasteiger partial charge in [-0.25, -0.2) is 8.42 Å². The van der Waals surface area contributed by atoms with Crippen molar-refractivity contribution in [1.29, 1.82) is 0 Å². The Morgan fingerprint density at radius 3 is 2.29 bits per heavy atom. The number of phenols is 1. The molecule has 10 heteroatoms. The third-order valence-corrected chi connectivity index (χ3v) is 6.09. The molecule has 4 rings (SSSR count). The maximum atomic E-state index is 12.8. The molecule has 3 aromatic rings. The zero-order valence-corrected chi connectivity index (χ0v) is 21.3. The summed E-state index contributed by atoms with van der Waals surface area (Å²) in [6, 6.07) is 17.2. The lowest BCUT2D eigenvalue weighted by atomic mass is 10.3. The van der Waals surface area contributed by atoms with E-state index >= 15 is 0 Å². The number of nitrogens with one attached hydrogen (secondary N) is 2. The third-order valence-electron chi connectivity index (χ3n) is 3.98. The smallest absolute Gasteiger partial charge is 0.269 e. The molecule has 0 saturated carbocycles. The molecule has 3 N–H and O–H groups in total. The minimum atomic E-state index is -1.78. The van der Waals surface area contributed by atoms with Gasteiger partial charge in [0.1, 0.15) is 5.76 Å². The number of phenolic OH excluding ortho intramolecular Hbond substituents is 1. The Kier molecular flexibility index (Phi) is 10.9. The van der Waals surface area contributed by atoms with Gasteiger partial charge < -0.3 is 20.2 Å². The van der Waals surface area contributed by atoms with Crippen molar-refractivity contribution in [3.05, 3.63) is 72.7 Å². The second kappa shape index (κ2) is 13.9. The van der Waals surface area contributed by atoms with E-state index in [1.165, 1.54) is 0 Å². The highest BCUT2D eigenvalue weighted by Gasteiger charge is 2.22. The largest absolute Gasteiger partial charge is 0.505 e. The molecule has 35 heavy (non-hydrogen) atoms. The summed E-state index contributed by atoms with van der Waals surface area (Å²) in [6.45, 7) is 6.83. The number of benzene rings is 2. The number of para-hydroxylation sites is 1. The van der Waals surface area contributed by atoms with Gasteiger partial charge in [0.25, 0.3) is 11.2 Å². The molecule has 0 fully saturated rings. The van der Waals surface area contributed by atoms with Crippen LogP contribution in [0.25, 0.3) is 0 Å². The maximum absolute atomic E-state index is 12.8. The van der Waals surface area contributed by atoms with E-state index in [1.54, 1.807) is 60.9 Å². The molecular weight excluding hydrogens is 484 g/mol. The highest BCUT2D eigenvalue weighted by Crippen LogP contribution is 2.32. The second-order valence-electron chi connectivity index (χ2n) is 7.63. The van der Waals surface area contributed by atoms with Crippen LogP contribution in [0.15, 0.2) is 89.9 Å². The summed E-state index contributed by atoms with van der Waals surface area (Å²) in [5.74, 6) is 1.80. The van der Waals surface area contributed by atoms with Gasteiger partial charge in [-0.15, -0.1) is 21.6 Å². The van der Waals surface area contributed by atoms with Gasteiger partial charge in [-0.1, -0.05) is 45.0 Å². The van der Waals surface area contributed by atoms with Crippen LogP contribution in [0.1, 0.15) is 26.5 Å². The van der Waals surface area contributed by atoms with E-state index in [0.29, 0.717) is 17.2 Å². The number of anilines is 1. The van der Waals surface area contributed by atoms with Crippen molar-refractivity contribution in [2.75, 3.05) is 5.32 Å². The standard InChI is InChI=1S/C19H16N4O4S2.C4H10.C2H2/c24-17-15(9-4-10-16(17)28(25)14-7-2-1-3-8-14)21-19-18(22-29(26)23-19)20-12-13-6-5-11-27-13;1-4(2)3;1-2/h1-11,24H,12H2,(H,20,22)(H,21,23);4H,1-3H3;1-2H. The Morgan fingerprint density at radius 1 is 1.00 bits per heavy atom. The monoisotopic (exact) mass is 512 g/mol. The van der Waals surface area contributed by atoms with E-state index in [4.69, 9.17) is 4.42 Å². The molecule has 2 aromatic carbocycles. The minimum absolute atomic E-state index is 0.180. The van der Waals surface area contributed by atoms with Gasteiger partial charge in [-0.3, -0.25) is 0 Å². The predicted octanol–water partition coefficient (Wildman–Crippen LogP) is 4.65.